The van der Waals surface area contributed by atoms with Crippen LogP contribution in [0, 0.1) is 0 Å². The third-order valence-electron chi connectivity index (χ3n) is 0.866. The molecule has 0 rings (SSSR count). The van der Waals surface area contributed by atoms with Crippen molar-refractivity contribution in [2.45, 2.75) is 18.1 Å². The van der Waals surface area contributed by atoms with E-state index in [1.165, 1.54) is 4.43 Å². The topological polar surface area (TPSA) is 21.3 Å². The predicted molar refractivity (Wildman–Crippen MR) is 35.0 cm³/mol. The molecular weight excluding hydrogens is 229 g/mol. The summed E-state index contributed by atoms with van der Waals surface area (Å²) in [5.74, 6) is 0. The summed E-state index contributed by atoms with van der Waals surface area (Å²) in [5.41, 5.74) is 0. The van der Waals surface area contributed by atoms with E-state index in [-0.39, 0.29) is 21.2 Å². The summed E-state index contributed by atoms with van der Waals surface area (Å²) in [4.78, 5) is 0. The molecule has 0 aromatic carbocycles. The van der Waals surface area contributed by atoms with Gasteiger partial charge in [0.05, 0.1) is 0 Å². The molecule has 0 aliphatic heterocycles. The Labute approximate surface area is 67.6 Å². The maximum absolute atomic E-state index is 5.17. The molecule has 0 radical (unpaired) electrons. The van der Waals surface area contributed by atoms with E-state index in [0.717, 1.165) is 6.54 Å². The van der Waals surface area contributed by atoms with E-state index in [9.17, 15) is 0 Å². The minimum atomic E-state index is 0.222. The fourth-order valence-corrected chi connectivity index (χ4v) is 2.41. The van der Waals surface area contributed by atoms with Crippen LogP contribution >= 0.6 is 0 Å². The molecule has 0 amide bonds. The van der Waals surface area contributed by atoms with Gasteiger partial charge >= 0.3 is 67.4 Å². The van der Waals surface area contributed by atoms with Gasteiger partial charge in [0.1, 0.15) is 0 Å². The van der Waals surface area contributed by atoms with E-state index in [1.54, 1.807) is 7.11 Å². The van der Waals surface area contributed by atoms with Crippen LogP contribution in [0.1, 0.15) is 13.8 Å². The minimum absolute atomic E-state index is 0.222. The average molecular weight is 244 g/mol. The molecule has 9 heavy (non-hydrogen) atoms. The first-order chi connectivity index (χ1) is 4.35. The molecule has 0 spiro atoms. The molecule has 1 unspecified atom stereocenters. The third kappa shape index (κ3) is 5.11. The van der Waals surface area contributed by atoms with Crippen molar-refractivity contribution in [1.82, 2.24) is 5.32 Å². The fraction of sp³-hybridized carbons (Fsp3) is 1.00. The Kier molecular flexibility index (Phi) is 7.25. The molecule has 1 atom stereocenters. The first kappa shape index (κ1) is 9.65. The monoisotopic (exact) mass is 244 g/mol. The Bertz CT molecular complexity index is 55.0. The molecule has 0 saturated heterocycles. The summed E-state index contributed by atoms with van der Waals surface area (Å²) in [6, 6.07) is 0. The van der Waals surface area contributed by atoms with Crippen LogP contribution in [0.5, 0.6) is 0 Å². The van der Waals surface area contributed by atoms with Gasteiger partial charge < -0.3 is 0 Å². The molecule has 0 aliphatic carbocycles. The molecule has 0 fully saturated rings. The van der Waals surface area contributed by atoms with Crippen LogP contribution in [-0.2, 0) is 4.74 Å². The molecule has 0 aromatic rings. The Morgan fingerprint density at radius 2 is 2.22 bits per heavy atom. The second-order valence-electron chi connectivity index (χ2n) is 1.53. The van der Waals surface area contributed by atoms with Crippen molar-refractivity contribution >= 4 is 0 Å². The standard InChI is InChI=1S/C6H15INO/c1-4-7-6(9-3)8-5-2/h6,8H,4-5H2,1-3H3/q-1. The van der Waals surface area contributed by atoms with Crippen LogP contribution in [0.15, 0.2) is 0 Å². The average Bonchev–Trinajstić information content (AvgIpc) is 1.88. The van der Waals surface area contributed by atoms with Crippen molar-refractivity contribution in [2.75, 3.05) is 18.1 Å². The quantitative estimate of drug-likeness (QED) is 0.253. The van der Waals surface area contributed by atoms with E-state index in [1.807, 2.05) is 0 Å². The molecule has 1 N–H and O–H groups in total. The van der Waals surface area contributed by atoms with Gasteiger partial charge in [0.25, 0.3) is 0 Å². The van der Waals surface area contributed by atoms with Crippen molar-refractivity contribution < 1.29 is 25.9 Å². The number of hydrogen-bond acceptors (Lipinski definition) is 2. The molecule has 0 aliphatic rings. The van der Waals surface area contributed by atoms with Crippen LogP contribution in [0.4, 0.5) is 0 Å². The zero-order valence-corrected chi connectivity index (χ0v) is 8.44. The normalized spacial score (nSPS) is 14.1. The predicted octanol–water partition coefficient (Wildman–Crippen LogP) is -2.37. The maximum atomic E-state index is 5.17. The van der Waals surface area contributed by atoms with Crippen LogP contribution in [0.3, 0.4) is 0 Å². The molecule has 0 saturated carbocycles. The Morgan fingerprint density at radius 1 is 1.56 bits per heavy atom. The van der Waals surface area contributed by atoms with Gasteiger partial charge in [-0.15, -0.1) is 0 Å². The summed E-state index contributed by atoms with van der Waals surface area (Å²) < 4.78 is 6.82. The number of hydrogen-bond donors (Lipinski definition) is 1. The van der Waals surface area contributed by atoms with Gasteiger partial charge in [0, 0.05) is 0 Å². The summed E-state index contributed by atoms with van der Waals surface area (Å²) in [6.45, 7) is 5.32. The van der Waals surface area contributed by atoms with Gasteiger partial charge in [-0.1, -0.05) is 0 Å². The van der Waals surface area contributed by atoms with E-state index in [0.29, 0.717) is 4.23 Å². The first-order valence-corrected chi connectivity index (χ1v) is 5.96. The van der Waals surface area contributed by atoms with Crippen molar-refractivity contribution in [3.05, 3.63) is 0 Å². The van der Waals surface area contributed by atoms with Crippen molar-refractivity contribution in [1.29, 1.82) is 0 Å². The number of nitrogens with one attached hydrogen (secondary N) is 1. The van der Waals surface area contributed by atoms with Crippen LogP contribution in [0.25, 0.3) is 0 Å². The molecule has 0 heterocycles. The van der Waals surface area contributed by atoms with Crippen molar-refractivity contribution in [2.24, 2.45) is 0 Å². The third-order valence-corrected chi connectivity index (χ3v) is 3.50. The summed E-state index contributed by atoms with van der Waals surface area (Å²) in [6.07, 6.45) is 0. The van der Waals surface area contributed by atoms with E-state index in [4.69, 9.17) is 4.74 Å². The SMILES string of the molecule is CCNC(OC)[I-]CC. The second kappa shape index (κ2) is 6.77. The molecular formula is C6H15INO-. The molecule has 2 nitrogen and oxygen atoms in total. The van der Waals surface area contributed by atoms with Gasteiger partial charge in [-0.25, -0.2) is 0 Å². The Hall–Kier alpha value is 0.650. The Balaban J connectivity index is 3.18. The summed E-state index contributed by atoms with van der Waals surface area (Å²) in [7, 11) is 1.77. The number of halogens is 1. The van der Waals surface area contributed by atoms with Crippen molar-refractivity contribution in [3.63, 3.8) is 0 Å². The van der Waals surface area contributed by atoms with Crippen molar-refractivity contribution in [3.8, 4) is 0 Å². The van der Waals surface area contributed by atoms with Gasteiger partial charge in [0.15, 0.2) is 0 Å². The molecule has 0 bridgehead atoms. The van der Waals surface area contributed by atoms with Crippen LogP contribution in [0.2, 0.25) is 0 Å². The molecule has 58 valence electrons. The van der Waals surface area contributed by atoms with E-state index >= 15 is 0 Å². The van der Waals surface area contributed by atoms with E-state index in [2.05, 4.69) is 19.2 Å². The van der Waals surface area contributed by atoms with Gasteiger partial charge in [0.2, 0.25) is 0 Å². The van der Waals surface area contributed by atoms with Gasteiger partial charge in [-0.2, -0.15) is 0 Å². The van der Waals surface area contributed by atoms with Crippen LogP contribution < -0.4 is 26.5 Å². The first-order valence-electron chi connectivity index (χ1n) is 3.19. The number of rotatable bonds is 5. The van der Waals surface area contributed by atoms with Gasteiger partial charge in [-0.3, -0.25) is 0 Å². The van der Waals surface area contributed by atoms with Gasteiger partial charge in [-0.05, 0) is 0 Å². The number of ether oxygens (including phenoxy) is 1. The zero-order chi connectivity index (χ0) is 7.11. The summed E-state index contributed by atoms with van der Waals surface area (Å²) >= 11 is 0.222. The zero-order valence-electron chi connectivity index (χ0n) is 6.28. The fourth-order valence-electron chi connectivity index (χ4n) is 0.502. The molecule has 3 heteroatoms. The summed E-state index contributed by atoms with van der Waals surface area (Å²) in [5, 5.41) is 3.26. The number of methoxy groups -OCH3 is 1. The Morgan fingerprint density at radius 3 is 2.56 bits per heavy atom. The second-order valence-corrected chi connectivity index (χ2v) is 5.07. The van der Waals surface area contributed by atoms with Crippen LogP contribution in [-0.4, -0.2) is 22.3 Å². The molecule has 0 aromatic heterocycles. The van der Waals surface area contributed by atoms with E-state index < -0.39 is 0 Å². The number of alkyl halides is 2.